The zero-order valence-corrected chi connectivity index (χ0v) is 14.8. The molecule has 2 saturated heterocycles. The van der Waals surface area contributed by atoms with Gasteiger partial charge in [0, 0.05) is 38.3 Å². The molecule has 0 N–H and O–H groups in total. The summed E-state index contributed by atoms with van der Waals surface area (Å²) in [5.41, 5.74) is 1.54. The van der Waals surface area contributed by atoms with E-state index in [9.17, 15) is 9.59 Å². The predicted molar refractivity (Wildman–Crippen MR) is 95.3 cm³/mol. The summed E-state index contributed by atoms with van der Waals surface area (Å²) in [6.45, 7) is 4.56. The van der Waals surface area contributed by atoms with Crippen molar-refractivity contribution in [2.24, 2.45) is 0 Å². The van der Waals surface area contributed by atoms with Gasteiger partial charge in [0.05, 0.1) is 36.5 Å². The second kappa shape index (κ2) is 6.57. The Hall–Kier alpha value is -2.67. The Morgan fingerprint density at radius 1 is 1.35 bits per heavy atom. The van der Waals surface area contributed by atoms with E-state index in [-0.39, 0.29) is 23.9 Å². The largest absolute Gasteiger partial charge is 0.472 e. The van der Waals surface area contributed by atoms with Crippen molar-refractivity contribution < 1.29 is 14.0 Å². The first kappa shape index (κ1) is 16.8. The molecule has 0 unspecified atom stereocenters. The average molecular weight is 354 g/mol. The summed E-state index contributed by atoms with van der Waals surface area (Å²) < 4.78 is 5.16. The number of pyridine rings is 1. The number of likely N-dealkylation sites (tertiary alicyclic amines) is 1. The van der Waals surface area contributed by atoms with Crippen LogP contribution in [0.2, 0.25) is 0 Å². The van der Waals surface area contributed by atoms with Crippen LogP contribution in [0.5, 0.6) is 0 Å². The standard InChI is InChI=1S/C19H22N4O3/c1-15(24)23-11-18(25)22(17-3-2-6-20-9-17)14-19(23)5-7-21(13-19)10-16-4-8-26-12-16/h2-4,6,8-9,12H,5,7,10-11,13-14H2,1H3/t19-/m0/s1. The second-order valence-electron chi connectivity index (χ2n) is 7.11. The van der Waals surface area contributed by atoms with Gasteiger partial charge < -0.3 is 14.2 Å². The highest BCUT2D eigenvalue weighted by molar-refractivity contribution is 5.98. The van der Waals surface area contributed by atoms with E-state index in [2.05, 4.69) is 9.88 Å². The summed E-state index contributed by atoms with van der Waals surface area (Å²) in [5.74, 6) is -0.110. The third-order valence-electron chi connectivity index (χ3n) is 5.35. The van der Waals surface area contributed by atoms with Crippen molar-refractivity contribution >= 4 is 17.5 Å². The summed E-state index contributed by atoms with van der Waals surface area (Å²) in [6.07, 6.45) is 7.66. The Balaban J connectivity index is 1.59. The van der Waals surface area contributed by atoms with Crippen LogP contribution >= 0.6 is 0 Å². The molecule has 4 rings (SSSR count). The van der Waals surface area contributed by atoms with Crippen molar-refractivity contribution in [2.45, 2.75) is 25.4 Å². The molecule has 0 aromatic carbocycles. The first-order valence-electron chi connectivity index (χ1n) is 8.79. The van der Waals surface area contributed by atoms with E-state index < -0.39 is 0 Å². The molecule has 2 aliphatic rings. The summed E-state index contributed by atoms with van der Waals surface area (Å²) in [4.78, 5) is 34.9. The predicted octanol–water partition coefficient (Wildman–Crippen LogP) is 1.51. The lowest BCUT2D eigenvalue weighted by molar-refractivity contribution is -0.142. The Kier molecular flexibility index (Phi) is 4.24. The fraction of sp³-hybridized carbons (Fsp3) is 0.421. The molecule has 0 saturated carbocycles. The zero-order valence-electron chi connectivity index (χ0n) is 14.8. The number of anilines is 1. The highest BCUT2D eigenvalue weighted by atomic mass is 16.3. The van der Waals surface area contributed by atoms with Crippen LogP contribution in [0.1, 0.15) is 18.9 Å². The van der Waals surface area contributed by atoms with Crippen molar-refractivity contribution in [3.63, 3.8) is 0 Å². The van der Waals surface area contributed by atoms with Crippen LogP contribution in [0.4, 0.5) is 5.69 Å². The van der Waals surface area contributed by atoms with Crippen molar-refractivity contribution in [3.05, 3.63) is 48.7 Å². The molecule has 0 bridgehead atoms. The number of hydrogen-bond donors (Lipinski definition) is 0. The summed E-state index contributed by atoms with van der Waals surface area (Å²) in [5, 5.41) is 0. The second-order valence-corrected chi connectivity index (χ2v) is 7.11. The summed E-state index contributed by atoms with van der Waals surface area (Å²) in [7, 11) is 0. The van der Waals surface area contributed by atoms with Crippen LogP contribution in [0.3, 0.4) is 0 Å². The van der Waals surface area contributed by atoms with Gasteiger partial charge in [0.15, 0.2) is 0 Å². The van der Waals surface area contributed by atoms with Crippen LogP contribution in [0, 0.1) is 0 Å². The minimum Gasteiger partial charge on any atom is -0.472 e. The first-order valence-corrected chi connectivity index (χ1v) is 8.79. The van der Waals surface area contributed by atoms with Crippen LogP contribution in [-0.4, -0.2) is 58.3 Å². The fourth-order valence-corrected chi connectivity index (χ4v) is 4.12. The molecule has 7 nitrogen and oxygen atoms in total. The number of amides is 2. The van der Waals surface area contributed by atoms with E-state index in [4.69, 9.17) is 4.42 Å². The molecule has 0 aliphatic carbocycles. The molecule has 0 radical (unpaired) electrons. The fourth-order valence-electron chi connectivity index (χ4n) is 4.12. The van der Waals surface area contributed by atoms with Gasteiger partial charge in [0.1, 0.15) is 6.54 Å². The SMILES string of the molecule is CC(=O)N1CC(=O)N(c2cccnc2)C[C@@]12CCN(Cc1ccoc1)C2. The Morgan fingerprint density at radius 3 is 2.92 bits per heavy atom. The minimum atomic E-state index is -0.362. The molecule has 2 aliphatic heterocycles. The first-order chi connectivity index (χ1) is 12.6. The van der Waals surface area contributed by atoms with E-state index in [1.807, 2.05) is 18.2 Å². The lowest BCUT2D eigenvalue weighted by atomic mass is 9.92. The Bertz CT molecular complexity index is 792. The maximum absolute atomic E-state index is 12.7. The maximum Gasteiger partial charge on any atom is 0.246 e. The third-order valence-corrected chi connectivity index (χ3v) is 5.35. The molecule has 2 aromatic rings. The Labute approximate surface area is 152 Å². The number of hydrogen-bond acceptors (Lipinski definition) is 5. The Morgan fingerprint density at radius 2 is 2.23 bits per heavy atom. The quantitative estimate of drug-likeness (QED) is 0.836. The topological polar surface area (TPSA) is 69.9 Å². The molecule has 4 heterocycles. The number of nitrogens with zero attached hydrogens (tertiary/aromatic N) is 4. The number of aromatic nitrogens is 1. The van der Waals surface area contributed by atoms with Crippen molar-refractivity contribution in [1.82, 2.24) is 14.8 Å². The molecule has 26 heavy (non-hydrogen) atoms. The van der Waals surface area contributed by atoms with Gasteiger partial charge in [-0.25, -0.2) is 0 Å². The number of piperazine rings is 1. The molecule has 2 amide bonds. The summed E-state index contributed by atoms with van der Waals surface area (Å²) in [6, 6.07) is 5.67. The van der Waals surface area contributed by atoms with E-state index in [1.54, 1.807) is 41.6 Å². The normalized spacial score (nSPS) is 23.8. The maximum atomic E-state index is 12.7. The number of furan rings is 1. The van der Waals surface area contributed by atoms with Gasteiger partial charge in [-0.3, -0.25) is 19.5 Å². The minimum absolute atomic E-state index is 0.0469. The van der Waals surface area contributed by atoms with Gasteiger partial charge in [0.2, 0.25) is 11.8 Å². The summed E-state index contributed by atoms with van der Waals surface area (Å²) >= 11 is 0. The van der Waals surface area contributed by atoms with Crippen molar-refractivity contribution in [1.29, 1.82) is 0 Å². The van der Waals surface area contributed by atoms with Crippen molar-refractivity contribution in [3.8, 4) is 0 Å². The third kappa shape index (κ3) is 2.99. The van der Waals surface area contributed by atoms with E-state index in [1.165, 1.54) is 0 Å². The highest BCUT2D eigenvalue weighted by Gasteiger charge is 2.50. The van der Waals surface area contributed by atoms with E-state index in [0.717, 1.165) is 37.3 Å². The average Bonchev–Trinajstić information content (AvgIpc) is 3.28. The number of carbonyl (C=O) groups excluding carboxylic acids is 2. The van der Waals surface area contributed by atoms with Gasteiger partial charge >= 0.3 is 0 Å². The van der Waals surface area contributed by atoms with Gasteiger partial charge in [-0.15, -0.1) is 0 Å². The monoisotopic (exact) mass is 354 g/mol. The molecular weight excluding hydrogens is 332 g/mol. The molecule has 1 spiro atoms. The van der Waals surface area contributed by atoms with E-state index >= 15 is 0 Å². The van der Waals surface area contributed by atoms with Crippen LogP contribution in [0.15, 0.2) is 47.5 Å². The molecule has 1 atom stereocenters. The van der Waals surface area contributed by atoms with Gasteiger partial charge in [0.25, 0.3) is 0 Å². The number of carbonyl (C=O) groups is 2. The van der Waals surface area contributed by atoms with Crippen molar-refractivity contribution in [2.75, 3.05) is 31.1 Å². The smallest absolute Gasteiger partial charge is 0.246 e. The molecule has 2 aromatic heterocycles. The lowest BCUT2D eigenvalue weighted by Gasteiger charge is -2.48. The zero-order chi connectivity index (χ0) is 18.1. The molecular formula is C19H22N4O3. The highest BCUT2D eigenvalue weighted by Crippen LogP contribution is 2.35. The molecule has 2 fully saturated rings. The van der Waals surface area contributed by atoms with E-state index in [0.29, 0.717) is 6.54 Å². The lowest BCUT2D eigenvalue weighted by Crippen LogP contribution is -2.66. The molecule has 136 valence electrons. The van der Waals surface area contributed by atoms with Gasteiger partial charge in [-0.05, 0) is 24.6 Å². The van der Waals surface area contributed by atoms with Crippen LogP contribution in [0.25, 0.3) is 0 Å². The van der Waals surface area contributed by atoms with Crippen LogP contribution in [-0.2, 0) is 16.1 Å². The number of rotatable bonds is 3. The van der Waals surface area contributed by atoms with Gasteiger partial charge in [-0.1, -0.05) is 0 Å². The molecule has 7 heteroatoms. The van der Waals surface area contributed by atoms with Gasteiger partial charge in [-0.2, -0.15) is 0 Å². The van der Waals surface area contributed by atoms with Crippen LogP contribution < -0.4 is 4.90 Å².